The SMILES string of the molecule is CC(=O)CCC=O.O=C/C=C/c1ccccc1.O=C/C=C/c1ccccc1. The lowest BCUT2D eigenvalue weighted by Crippen LogP contribution is -1.88. The third-order valence-electron chi connectivity index (χ3n) is 2.95. The van der Waals surface area contributed by atoms with E-state index in [1.54, 1.807) is 12.2 Å². The van der Waals surface area contributed by atoms with Crippen molar-refractivity contribution in [3.8, 4) is 0 Å². The number of carbonyl (C=O) groups is 4. The van der Waals surface area contributed by atoms with E-state index in [-0.39, 0.29) is 5.78 Å². The first-order valence-corrected chi connectivity index (χ1v) is 8.41. The summed E-state index contributed by atoms with van der Waals surface area (Å²) in [6.45, 7) is 1.48. The van der Waals surface area contributed by atoms with E-state index in [2.05, 4.69) is 0 Å². The molecule has 0 radical (unpaired) electrons. The van der Waals surface area contributed by atoms with Gasteiger partial charge in [0.2, 0.25) is 0 Å². The summed E-state index contributed by atoms with van der Waals surface area (Å²) in [6.07, 6.45) is 9.56. The van der Waals surface area contributed by atoms with Gasteiger partial charge in [-0.15, -0.1) is 0 Å². The fourth-order valence-corrected chi connectivity index (χ4v) is 1.69. The van der Waals surface area contributed by atoms with Crippen molar-refractivity contribution < 1.29 is 19.2 Å². The monoisotopic (exact) mass is 364 g/mol. The van der Waals surface area contributed by atoms with Gasteiger partial charge in [0.25, 0.3) is 0 Å². The van der Waals surface area contributed by atoms with Crippen LogP contribution in [0.1, 0.15) is 30.9 Å². The van der Waals surface area contributed by atoms with Crippen LogP contribution in [0.25, 0.3) is 12.2 Å². The van der Waals surface area contributed by atoms with Crippen LogP contribution in [0.2, 0.25) is 0 Å². The summed E-state index contributed by atoms with van der Waals surface area (Å²) in [7, 11) is 0. The van der Waals surface area contributed by atoms with Gasteiger partial charge in [0, 0.05) is 12.8 Å². The summed E-state index contributed by atoms with van der Waals surface area (Å²) < 4.78 is 0. The molecule has 0 aliphatic carbocycles. The zero-order chi connectivity index (χ0) is 20.2. The molecule has 0 bridgehead atoms. The van der Waals surface area contributed by atoms with E-state index in [0.29, 0.717) is 12.8 Å². The average Bonchev–Trinajstić information content (AvgIpc) is 2.71. The molecular weight excluding hydrogens is 340 g/mol. The van der Waals surface area contributed by atoms with Gasteiger partial charge in [-0.2, -0.15) is 0 Å². The van der Waals surface area contributed by atoms with Gasteiger partial charge in [0.1, 0.15) is 24.6 Å². The van der Waals surface area contributed by atoms with Crippen LogP contribution in [0.5, 0.6) is 0 Å². The summed E-state index contributed by atoms with van der Waals surface area (Å²) in [5.41, 5.74) is 2.10. The first-order chi connectivity index (χ1) is 13.1. The molecular formula is C23H24O4. The lowest BCUT2D eigenvalue weighted by Gasteiger charge is -1.86. The topological polar surface area (TPSA) is 68.3 Å². The predicted octanol–water partition coefficient (Wildman–Crippen LogP) is 4.35. The number of hydrogen-bond donors (Lipinski definition) is 0. The van der Waals surface area contributed by atoms with Gasteiger partial charge in [0.15, 0.2) is 0 Å². The van der Waals surface area contributed by atoms with E-state index in [0.717, 1.165) is 30.0 Å². The standard InChI is InChI=1S/2C9H8O.C5H8O2/c2*10-8-4-7-9-5-2-1-3-6-9;1-5(7)3-2-4-6/h2*1-8H;4H,2-3H2,1H3/b2*7-4+;. The number of rotatable bonds is 7. The first-order valence-electron chi connectivity index (χ1n) is 8.41. The minimum Gasteiger partial charge on any atom is -0.303 e. The molecule has 4 heteroatoms. The van der Waals surface area contributed by atoms with Crippen molar-refractivity contribution in [1.82, 2.24) is 0 Å². The van der Waals surface area contributed by atoms with Crippen LogP contribution < -0.4 is 0 Å². The molecule has 0 saturated carbocycles. The van der Waals surface area contributed by atoms with Gasteiger partial charge in [-0.3, -0.25) is 9.59 Å². The lowest BCUT2D eigenvalue weighted by atomic mass is 10.2. The molecule has 0 fully saturated rings. The van der Waals surface area contributed by atoms with Crippen LogP contribution in [0, 0.1) is 0 Å². The second kappa shape index (κ2) is 17.4. The Morgan fingerprint density at radius 1 is 0.741 bits per heavy atom. The molecule has 0 unspecified atom stereocenters. The van der Waals surface area contributed by atoms with E-state index in [9.17, 15) is 19.2 Å². The molecule has 4 nitrogen and oxygen atoms in total. The molecule has 2 aromatic carbocycles. The molecule has 27 heavy (non-hydrogen) atoms. The van der Waals surface area contributed by atoms with Gasteiger partial charge < -0.3 is 9.59 Å². The number of ketones is 1. The number of Topliss-reactive ketones (excluding diaryl/α,β-unsaturated/α-hetero) is 1. The van der Waals surface area contributed by atoms with E-state index in [1.165, 1.54) is 19.1 Å². The molecule has 140 valence electrons. The Balaban J connectivity index is 0.000000384. The van der Waals surface area contributed by atoms with Crippen LogP contribution in [0.4, 0.5) is 0 Å². The summed E-state index contributed by atoms with van der Waals surface area (Å²) in [6, 6.07) is 19.4. The number of allylic oxidation sites excluding steroid dienone is 2. The van der Waals surface area contributed by atoms with Gasteiger partial charge in [-0.25, -0.2) is 0 Å². The highest BCUT2D eigenvalue weighted by atomic mass is 16.1. The Labute approximate surface area is 160 Å². The smallest absolute Gasteiger partial charge is 0.142 e. The fourth-order valence-electron chi connectivity index (χ4n) is 1.69. The molecule has 2 aromatic rings. The van der Waals surface area contributed by atoms with Crippen molar-refractivity contribution in [1.29, 1.82) is 0 Å². The Morgan fingerprint density at radius 3 is 1.41 bits per heavy atom. The number of hydrogen-bond acceptors (Lipinski definition) is 4. The third kappa shape index (κ3) is 15.8. The Morgan fingerprint density at radius 2 is 1.15 bits per heavy atom. The van der Waals surface area contributed by atoms with Gasteiger partial charge in [-0.1, -0.05) is 72.8 Å². The van der Waals surface area contributed by atoms with Crippen molar-refractivity contribution in [2.75, 3.05) is 0 Å². The Hall–Kier alpha value is -3.40. The van der Waals surface area contributed by atoms with Gasteiger partial charge in [-0.05, 0) is 30.2 Å². The number of benzene rings is 2. The number of aldehydes is 3. The molecule has 0 amide bonds. The molecule has 0 heterocycles. The van der Waals surface area contributed by atoms with Crippen molar-refractivity contribution in [3.05, 3.63) is 83.9 Å². The summed E-state index contributed by atoms with van der Waals surface area (Å²) >= 11 is 0. The lowest BCUT2D eigenvalue weighted by molar-refractivity contribution is -0.119. The maximum absolute atomic E-state index is 10.0. The van der Waals surface area contributed by atoms with E-state index in [1.807, 2.05) is 60.7 Å². The second-order valence-corrected chi connectivity index (χ2v) is 5.22. The van der Waals surface area contributed by atoms with E-state index in [4.69, 9.17) is 0 Å². The van der Waals surface area contributed by atoms with Crippen molar-refractivity contribution in [2.24, 2.45) is 0 Å². The highest BCUT2D eigenvalue weighted by Gasteiger charge is 1.87. The van der Waals surface area contributed by atoms with E-state index >= 15 is 0 Å². The van der Waals surface area contributed by atoms with Crippen LogP contribution in [0.15, 0.2) is 72.8 Å². The quantitative estimate of drug-likeness (QED) is 0.541. The van der Waals surface area contributed by atoms with Gasteiger partial charge in [0.05, 0.1) is 0 Å². The highest BCUT2D eigenvalue weighted by Crippen LogP contribution is 1.99. The highest BCUT2D eigenvalue weighted by molar-refractivity contribution is 5.77. The molecule has 0 aromatic heterocycles. The second-order valence-electron chi connectivity index (χ2n) is 5.22. The molecule has 0 saturated heterocycles. The predicted molar refractivity (Wildman–Crippen MR) is 109 cm³/mol. The molecule has 0 N–H and O–H groups in total. The zero-order valence-electron chi connectivity index (χ0n) is 15.4. The molecule has 0 aliphatic heterocycles. The summed E-state index contributed by atoms with van der Waals surface area (Å²) in [5, 5.41) is 0. The minimum absolute atomic E-state index is 0.0760. The van der Waals surface area contributed by atoms with Crippen molar-refractivity contribution in [2.45, 2.75) is 19.8 Å². The van der Waals surface area contributed by atoms with Crippen LogP contribution in [-0.4, -0.2) is 24.6 Å². The van der Waals surface area contributed by atoms with E-state index < -0.39 is 0 Å². The summed E-state index contributed by atoms with van der Waals surface area (Å²) in [5.74, 6) is 0.0760. The normalized spacial score (nSPS) is 9.52. The van der Waals surface area contributed by atoms with Gasteiger partial charge >= 0.3 is 0 Å². The van der Waals surface area contributed by atoms with Crippen LogP contribution in [0.3, 0.4) is 0 Å². The number of carbonyl (C=O) groups excluding carboxylic acids is 4. The van der Waals surface area contributed by atoms with Crippen molar-refractivity contribution in [3.63, 3.8) is 0 Å². The third-order valence-corrected chi connectivity index (χ3v) is 2.95. The molecule has 0 aliphatic rings. The maximum atomic E-state index is 10.0. The molecule has 0 atom stereocenters. The average molecular weight is 364 g/mol. The fraction of sp³-hybridized carbons (Fsp3) is 0.130. The van der Waals surface area contributed by atoms with Crippen molar-refractivity contribution >= 4 is 36.8 Å². The first kappa shape index (κ1) is 23.6. The summed E-state index contributed by atoms with van der Waals surface area (Å²) in [4.78, 5) is 39.4. The van der Waals surface area contributed by atoms with Crippen LogP contribution in [-0.2, 0) is 19.2 Å². The minimum atomic E-state index is 0.0760. The largest absolute Gasteiger partial charge is 0.303 e. The molecule has 2 rings (SSSR count). The zero-order valence-corrected chi connectivity index (χ0v) is 15.4. The van der Waals surface area contributed by atoms with Crippen LogP contribution >= 0.6 is 0 Å². The Bertz CT molecular complexity index is 663. The Kier molecular flexibility index (Phi) is 15.2. The maximum Gasteiger partial charge on any atom is 0.142 e. The molecule has 0 spiro atoms.